The van der Waals surface area contributed by atoms with Crippen molar-refractivity contribution in [2.75, 3.05) is 0 Å². The summed E-state index contributed by atoms with van der Waals surface area (Å²) in [6, 6.07) is 17.0. The van der Waals surface area contributed by atoms with Gasteiger partial charge in [-0.15, -0.1) is 0 Å². The van der Waals surface area contributed by atoms with Gasteiger partial charge in [-0.05, 0) is 23.1 Å². The molecule has 0 amide bonds. The van der Waals surface area contributed by atoms with Crippen LogP contribution in [0.1, 0.15) is 24.6 Å². The minimum atomic E-state index is -1.22. The molecule has 98 valence electrons. The van der Waals surface area contributed by atoms with Crippen LogP contribution in [0.15, 0.2) is 54.6 Å². The van der Waals surface area contributed by atoms with Crippen LogP contribution < -0.4 is 0 Å². The fourth-order valence-corrected chi connectivity index (χ4v) is 1.93. The smallest absolute Gasteiger partial charge is 0.303 e. The summed E-state index contributed by atoms with van der Waals surface area (Å²) in [4.78, 5) is 10.4. The van der Waals surface area contributed by atoms with Crippen molar-refractivity contribution in [2.24, 2.45) is 0 Å². The Bertz CT molecular complexity index is 534. The van der Waals surface area contributed by atoms with Gasteiger partial charge in [-0.2, -0.15) is 0 Å². The molecule has 1 unspecified atom stereocenters. The van der Waals surface area contributed by atoms with E-state index in [1.54, 1.807) is 12.1 Å². The molecule has 2 aromatic rings. The second kappa shape index (κ2) is 6.14. The summed E-state index contributed by atoms with van der Waals surface area (Å²) >= 11 is 0. The predicted octanol–water partition coefficient (Wildman–Crippen LogP) is 4.23. The molecule has 0 aliphatic heterocycles. The Kier molecular flexibility index (Phi) is 4.29. The highest BCUT2D eigenvalue weighted by Gasteiger charge is 2.11. The maximum Gasteiger partial charge on any atom is 0.303 e. The van der Waals surface area contributed by atoms with Crippen molar-refractivity contribution in [2.45, 2.75) is 19.0 Å². The van der Waals surface area contributed by atoms with Crippen molar-refractivity contribution in [3.63, 3.8) is 0 Å². The number of hydrogen-bond acceptors (Lipinski definition) is 1. The Morgan fingerprint density at radius 2 is 1.58 bits per heavy atom. The molecular formula is C16H15FO2. The lowest BCUT2D eigenvalue weighted by atomic mass is 10.0. The maximum absolute atomic E-state index is 13.8. The summed E-state index contributed by atoms with van der Waals surface area (Å²) in [5, 5.41) is 8.54. The second-order valence-electron chi connectivity index (χ2n) is 4.39. The highest BCUT2D eigenvalue weighted by atomic mass is 19.1. The summed E-state index contributed by atoms with van der Waals surface area (Å²) in [6.45, 7) is 0. The van der Waals surface area contributed by atoms with Gasteiger partial charge in [-0.1, -0.05) is 54.6 Å². The van der Waals surface area contributed by atoms with Gasteiger partial charge in [0, 0.05) is 6.42 Å². The van der Waals surface area contributed by atoms with Gasteiger partial charge in [0.05, 0.1) is 0 Å². The summed E-state index contributed by atoms with van der Waals surface area (Å²) in [6.07, 6.45) is -1.36. The van der Waals surface area contributed by atoms with Crippen LogP contribution in [0.25, 0.3) is 11.1 Å². The quantitative estimate of drug-likeness (QED) is 0.871. The number of halogens is 1. The van der Waals surface area contributed by atoms with Crippen molar-refractivity contribution in [1.82, 2.24) is 0 Å². The Morgan fingerprint density at radius 1 is 1.00 bits per heavy atom. The first-order valence-electron chi connectivity index (χ1n) is 6.18. The van der Waals surface area contributed by atoms with Gasteiger partial charge < -0.3 is 5.11 Å². The molecule has 0 aliphatic carbocycles. The molecular weight excluding hydrogens is 243 g/mol. The summed E-state index contributed by atoms with van der Waals surface area (Å²) < 4.78 is 13.8. The Balaban J connectivity index is 2.08. The van der Waals surface area contributed by atoms with Crippen LogP contribution in [0, 0.1) is 0 Å². The maximum atomic E-state index is 13.8. The SMILES string of the molecule is O=C(O)CCC(F)c1ccc(-c2ccccc2)cc1. The Morgan fingerprint density at radius 3 is 2.16 bits per heavy atom. The highest BCUT2D eigenvalue weighted by Crippen LogP contribution is 2.26. The van der Waals surface area contributed by atoms with E-state index in [2.05, 4.69) is 0 Å². The Labute approximate surface area is 111 Å². The molecule has 0 fully saturated rings. The average Bonchev–Trinajstić information content (AvgIpc) is 2.46. The third-order valence-corrected chi connectivity index (χ3v) is 2.99. The first-order chi connectivity index (χ1) is 9.16. The largest absolute Gasteiger partial charge is 0.481 e. The van der Waals surface area contributed by atoms with Crippen LogP contribution in [0.5, 0.6) is 0 Å². The van der Waals surface area contributed by atoms with Gasteiger partial charge in [0.2, 0.25) is 0 Å². The van der Waals surface area contributed by atoms with Gasteiger partial charge >= 0.3 is 5.97 Å². The molecule has 0 heterocycles. The van der Waals surface area contributed by atoms with Gasteiger partial charge in [-0.25, -0.2) is 4.39 Å². The highest BCUT2D eigenvalue weighted by molar-refractivity contribution is 5.66. The monoisotopic (exact) mass is 258 g/mol. The van der Waals surface area contributed by atoms with Crippen LogP contribution in [-0.4, -0.2) is 11.1 Å². The van der Waals surface area contributed by atoms with Crippen LogP contribution in [0.2, 0.25) is 0 Å². The number of carbonyl (C=O) groups is 1. The molecule has 0 radical (unpaired) electrons. The van der Waals surface area contributed by atoms with Crippen molar-refractivity contribution in [3.8, 4) is 11.1 Å². The first-order valence-corrected chi connectivity index (χ1v) is 6.18. The van der Waals surface area contributed by atoms with Gasteiger partial charge in [0.1, 0.15) is 6.17 Å². The molecule has 0 aliphatic rings. The molecule has 0 spiro atoms. The van der Waals surface area contributed by atoms with Crippen LogP contribution >= 0.6 is 0 Å². The number of hydrogen-bond donors (Lipinski definition) is 1. The third-order valence-electron chi connectivity index (χ3n) is 2.99. The van der Waals surface area contributed by atoms with E-state index in [9.17, 15) is 9.18 Å². The molecule has 1 N–H and O–H groups in total. The van der Waals surface area contributed by atoms with E-state index < -0.39 is 12.1 Å². The van der Waals surface area contributed by atoms with E-state index in [0.717, 1.165) is 11.1 Å². The topological polar surface area (TPSA) is 37.3 Å². The second-order valence-corrected chi connectivity index (χ2v) is 4.39. The Hall–Kier alpha value is -2.16. The number of alkyl halides is 1. The summed E-state index contributed by atoms with van der Waals surface area (Å²) in [5.74, 6) is -0.969. The van der Waals surface area contributed by atoms with Crippen LogP contribution in [-0.2, 0) is 4.79 Å². The van der Waals surface area contributed by atoms with E-state index >= 15 is 0 Å². The number of aliphatic carboxylic acids is 1. The molecule has 2 aromatic carbocycles. The van der Waals surface area contributed by atoms with Crippen molar-refractivity contribution in [1.29, 1.82) is 0 Å². The molecule has 0 saturated carbocycles. The van der Waals surface area contributed by atoms with Crippen molar-refractivity contribution < 1.29 is 14.3 Å². The number of carboxylic acid groups (broad SMARTS) is 1. The molecule has 0 bridgehead atoms. The molecule has 2 nitrogen and oxygen atoms in total. The minimum Gasteiger partial charge on any atom is -0.481 e. The van der Waals surface area contributed by atoms with E-state index in [4.69, 9.17) is 5.11 Å². The van der Waals surface area contributed by atoms with E-state index in [-0.39, 0.29) is 12.8 Å². The first kappa shape index (κ1) is 13.3. The number of rotatable bonds is 5. The molecule has 3 heteroatoms. The van der Waals surface area contributed by atoms with Crippen molar-refractivity contribution in [3.05, 3.63) is 60.2 Å². The lowest BCUT2D eigenvalue weighted by Crippen LogP contribution is -1.99. The zero-order valence-electron chi connectivity index (χ0n) is 10.4. The third kappa shape index (κ3) is 3.65. The van der Waals surface area contributed by atoms with E-state index in [1.807, 2.05) is 42.5 Å². The molecule has 0 saturated heterocycles. The minimum absolute atomic E-state index is 0.0139. The molecule has 19 heavy (non-hydrogen) atoms. The fraction of sp³-hybridized carbons (Fsp3) is 0.188. The van der Waals surface area contributed by atoms with Gasteiger partial charge in [0.15, 0.2) is 0 Å². The molecule has 1 atom stereocenters. The molecule has 2 rings (SSSR count). The standard InChI is InChI=1S/C16H15FO2/c17-15(10-11-16(18)19)14-8-6-13(7-9-14)12-4-2-1-3-5-12/h1-9,15H,10-11H2,(H,18,19). The van der Waals surface area contributed by atoms with E-state index in [0.29, 0.717) is 5.56 Å². The van der Waals surface area contributed by atoms with Crippen LogP contribution in [0.4, 0.5) is 4.39 Å². The average molecular weight is 258 g/mol. The summed E-state index contributed by atoms with van der Waals surface area (Å²) in [5.41, 5.74) is 2.63. The normalized spacial score (nSPS) is 12.1. The summed E-state index contributed by atoms with van der Waals surface area (Å²) in [7, 11) is 0. The number of benzene rings is 2. The fourth-order valence-electron chi connectivity index (χ4n) is 1.93. The lowest BCUT2D eigenvalue weighted by Gasteiger charge is -2.08. The zero-order valence-corrected chi connectivity index (χ0v) is 10.4. The van der Waals surface area contributed by atoms with Gasteiger partial charge in [0.25, 0.3) is 0 Å². The molecule has 0 aromatic heterocycles. The van der Waals surface area contributed by atoms with Gasteiger partial charge in [-0.3, -0.25) is 4.79 Å². The van der Waals surface area contributed by atoms with E-state index in [1.165, 1.54) is 0 Å². The van der Waals surface area contributed by atoms with Crippen molar-refractivity contribution >= 4 is 5.97 Å². The van der Waals surface area contributed by atoms with Crippen LogP contribution in [0.3, 0.4) is 0 Å². The zero-order chi connectivity index (χ0) is 13.7. The lowest BCUT2D eigenvalue weighted by molar-refractivity contribution is -0.137. The predicted molar refractivity (Wildman–Crippen MR) is 72.6 cm³/mol. The number of carboxylic acids is 1.